The number of hydrogen-bond acceptors (Lipinski definition) is 5. The van der Waals surface area contributed by atoms with Crippen LogP contribution in [-0.4, -0.2) is 27.7 Å². The minimum Gasteiger partial charge on any atom is -0.454 e. The maximum absolute atomic E-state index is 12.4. The molecule has 0 unspecified atom stereocenters. The number of ether oxygens (including phenoxy) is 2. The first kappa shape index (κ1) is 17.8. The van der Waals surface area contributed by atoms with Gasteiger partial charge < -0.3 is 14.8 Å². The van der Waals surface area contributed by atoms with Crippen molar-refractivity contribution in [3.05, 3.63) is 53.6 Å². The van der Waals surface area contributed by atoms with E-state index in [1.54, 1.807) is 18.2 Å². The second kappa shape index (κ2) is 7.21. The second-order valence-corrected chi connectivity index (χ2v) is 8.46. The fraction of sp³-hybridized carbons (Fsp3) is 0.316. The highest BCUT2D eigenvalue weighted by molar-refractivity contribution is 7.89. The predicted molar refractivity (Wildman–Crippen MR) is 98.1 cm³/mol. The maximum Gasteiger partial charge on any atom is 0.251 e. The van der Waals surface area contributed by atoms with Gasteiger partial charge in [0.05, 0.1) is 4.90 Å². The molecule has 1 aliphatic carbocycles. The molecule has 2 N–H and O–H groups in total. The number of sulfonamides is 1. The summed E-state index contributed by atoms with van der Waals surface area (Å²) in [6.45, 7) is 0.941. The number of rotatable bonds is 7. The van der Waals surface area contributed by atoms with Gasteiger partial charge in [-0.3, -0.25) is 4.79 Å². The van der Waals surface area contributed by atoms with Crippen LogP contribution in [0.25, 0.3) is 0 Å². The molecule has 8 heteroatoms. The van der Waals surface area contributed by atoms with Crippen molar-refractivity contribution in [2.24, 2.45) is 5.92 Å². The van der Waals surface area contributed by atoms with E-state index >= 15 is 0 Å². The standard InChI is InChI=1S/C19H20N2O5S/c22-19(20-10-14-6-7-17-18(8-14)26-12-25-17)15-2-1-3-16(9-15)27(23,24)21-11-13-4-5-13/h1-3,6-9,13,21H,4-5,10-12H2,(H,20,22). The van der Waals surface area contributed by atoms with Gasteiger partial charge in [0.15, 0.2) is 11.5 Å². The molecule has 1 saturated carbocycles. The molecule has 1 amide bonds. The Labute approximate surface area is 157 Å². The number of fused-ring (bicyclic) bond motifs is 1. The van der Waals surface area contributed by atoms with Gasteiger partial charge in [0.1, 0.15) is 0 Å². The monoisotopic (exact) mass is 388 g/mol. The number of amides is 1. The van der Waals surface area contributed by atoms with E-state index in [2.05, 4.69) is 10.0 Å². The molecular weight excluding hydrogens is 368 g/mol. The largest absolute Gasteiger partial charge is 0.454 e. The van der Waals surface area contributed by atoms with Gasteiger partial charge in [0.25, 0.3) is 5.91 Å². The van der Waals surface area contributed by atoms with Crippen LogP contribution in [0.15, 0.2) is 47.4 Å². The summed E-state index contributed by atoms with van der Waals surface area (Å²) in [6.07, 6.45) is 2.12. The summed E-state index contributed by atoms with van der Waals surface area (Å²) >= 11 is 0. The highest BCUT2D eigenvalue weighted by atomic mass is 32.2. The van der Waals surface area contributed by atoms with E-state index in [4.69, 9.17) is 9.47 Å². The van der Waals surface area contributed by atoms with Gasteiger partial charge in [-0.25, -0.2) is 13.1 Å². The molecule has 0 radical (unpaired) electrons. The number of nitrogens with one attached hydrogen (secondary N) is 2. The third-order valence-corrected chi connectivity index (χ3v) is 5.98. The van der Waals surface area contributed by atoms with Crippen molar-refractivity contribution in [1.29, 1.82) is 0 Å². The van der Waals surface area contributed by atoms with E-state index < -0.39 is 10.0 Å². The third kappa shape index (κ3) is 4.23. The Morgan fingerprint density at radius 3 is 2.70 bits per heavy atom. The van der Waals surface area contributed by atoms with Gasteiger partial charge in [-0.2, -0.15) is 0 Å². The molecule has 0 bridgehead atoms. The fourth-order valence-electron chi connectivity index (χ4n) is 2.77. The molecule has 1 fully saturated rings. The average molecular weight is 388 g/mol. The molecule has 2 aliphatic rings. The fourth-order valence-corrected chi connectivity index (χ4v) is 3.93. The van der Waals surface area contributed by atoms with Gasteiger partial charge in [-0.15, -0.1) is 0 Å². The minimum absolute atomic E-state index is 0.0962. The van der Waals surface area contributed by atoms with Gasteiger partial charge >= 0.3 is 0 Å². The topological polar surface area (TPSA) is 93.7 Å². The lowest BCUT2D eigenvalue weighted by Crippen LogP contribution is -2.27. The quantitative estimate of drug-likeness (QED) is 0.757. The minimum atomic E-state index is -3.61. The van der Waals surface area contributed by atoms with Gasteiger partial charge in [0, 0.05) is 18.7 Å². The van der Waals surface area contributed by atoms with Gasteiger partial charge in [-0.05, 0) is 54.7 Å². The third-order valence-electron chi connectivity index (χ3n) is 4.56. The smallest absolute Gasteiger partial charge is 0.251 e. The van der Waals surface area contributed by atoms with E-state index in [-0.39, 0.29) is 17.6 Å². The lowest BCUT2D eigenvalue weighted by molar-refractivity contribution is 0.0950. The Morgan fingerprint density at radius 1 is 1.07 bits per heavy atom. The Kier molecular flexibility index (Phi) is 4.75. The molecule has 0 saturated heterocycles. The molecule has 0 atom stereocenters. The lowest BCUT2D eigenvalue weighted by atomic mass is 10.2. The van der Waals surface area contributed by atoms with E-state index in [1.165, 1.54) is 12.1 Å². The molecule has 1 aliphatic heterocycles. The molecule has 0 spiro atoms. The van der Waals surface area contributed by atoms with Crippen LogP contribution >= 0.6 is 0 Å². The Balaban J connectivity index is 1.41. The number of hydrogen-bond donors (Lipinski definition) is 2. The van der Waals surface area contributed by atoms with Gasteiger partial charge in [0.2, 0.25) is 16.8 Å². The van der Waals surface area contributed by atoms with Crippen molar-refractivity contribution in [3.63, 3.8) is 0 Å². The van der Waals surface area contributed by atoms with E-state index in [0.29, 0.717) is 36.1 Å². The Morgan fingerprint density at radius 2 is 1.89 bits per heavy atom. The van der Waals surface area contributed by atoms with Crippen LogP contribution in [0.4, 0.5) is 0 Å². The summed E-state index contributed by atoms with van der Waals surface area (Å²) in [4.78, 5) is 12.5. The van der Waals surface area contributed by atoms with Crippen molar-refractivity contribution in [3.8, 4) is 11.5 Å². The first-order valence-corrected chi connectivity index (χ1v) is 10.3. The number of carbonyl (C=O) groups is 1. The molecule has 0 aromatic heterocycles. The van der Waals surface area contributed by atoms with Crippen LogP contribution in [0.2, 0.25) is 0 Å². The first-order valence-electron chi connectivity index (χ1n) is 8.78. The van der Waals surface area contributed by atoms with E-state index in [9.17, 15) is 13.2 Å². The molecule has 142 valence electrons. The predicted octanol–water partition coefficient (Wildman–Crippen LogP) is 2.03. The maximum atomic E-state index is 12.4. The highest BCUT2D eigenvalue weighted by Gasteiger charge is 2.24. The van der Waals surface area contributed by atoms with Crippen molar-refractivity contribution in [2.75, 3.05) is 13.3 Å². The zero-order chi connectivity index (χ0) is 18.9. The van der Waals surface area contributed by atoms with Crippen molar-refractivity contribution in [1.82, 2.24) is 10.0 Å². The Hall–Kier alpha value is -2.58. The van der Waals surface area contributed by atoms with Crippen molar-refractivity contribution in [2.45, 2.75) is 24.3 Å². The highest BCUT2D eigenvalue weighted by Crippen LogP contribution is 2.32. The lowest BCUT2D eigenvalue weighted by Gasteiger charge is -2.09. The Bertz CT molecular complexity index is 970. The zero-order valence-corrected chi connectivity index (χ0v) is 15.4. The summed E-state index contributed by atoms with van der Waals surface area (Å²) in [5.74, 6) is 1.43. The molecule has 27 heavy (non-hydrogen) atoms. The number of benzene rings is 2. The summed E-state index contributed by atoms with van der Waals surface area (Å²) < 4.78 is 37.9. The normalized spacial score (nSPS) is 15.6. The van der Waals surface area contributed by atoms with Crippen LogP contribution in [0.3, 0.4) is 0 Å². The summed E-state index contributed by atoms with van der Waals surface area (Å²) in [5, 5.41) is 2.79. The molecule has 2 aromatic carbocycles. The summed E-state index contributed by atoms with van der Waals surface area (Å²) in [5.41, 5.74) is 1.16. The van der Waals surface area contributed by atoms with Crippen LogP contribution in [0.1, 0.15) is 28.8 Å². The molecule has 2 aromatic rings. The van der Waals surface area contributed by atoms with Crippen LogP contribution in [-0.2, 0) is 16.6 Å². The molecule has 1 heterocycles. The van der Waals surface area contributed by atoms with Crippen LogP contribution in [0, 0.1) is 5.92 Å². The molecular formula is C19H20N2O5S. The number of carbonyl (C=O) groups excluding carboxylic acids is 1. The summed E-state index contributed by atoms with van der Waals surface area (Å²) in [6, 6.07) is 11.5. The van der Waals surface area contributed by atoms with Gasteiger partial charge in [-0.1, -0.05) is 12.1 Å². The SMILES string of the molecule is O=C(NCc1ccc2c(c1)OCO2)c1cccc(S(=O)(=O)NCC2CC2)c1. The molecule has 7 nitrogen and oxygen atoms in total. The van der Waals surface area contributed by atoms with E-state index in [1.807, 2.05) is 12.1 Å². The molecule has 4 rings (SSSR count). The van der Waals surface area contributed by atoms with Crippen molar-refractivity contribution < 1.29 is 22.7 Å². The average Bonchev–Trinajstić information content (AvgIpc) is 3.40. The second-order valence-electron chi connectivity index (χ2n) is 6.69. The first-order chi connectivity index (χ1) is 13.0. The zero-order valence-electron chi connectivity index (χ0n) is 14.6. The van der Waals surface area contributed by atoms with E-state index in [0.717, 1.165) is 18.4 Å². The van der Waals surface area contributed by atoms with Crippen molar-refractivity contribution >= 4 is 15.9 Å². The summed E-state index contributed by atoms with van der Waals surface area (Å²) in [7, 11) is -3.61. The van der Waals surface area contributed by atoms with Crippen LogP contribution in [0.5, 0.6) is 11.5 Å². The van der Waals surface area contributed by atoms with Crippen LogP contribution < -0.4 is 19.5 Å².